The van der Waals surface area contributed by atoms with Crippen LogP contribution in [0.1, 0.15) is 27.0 Å². The maximum Gasteiger partial charge on any atom is 0.336 e. The summed E-state index contributed by atoms with van der Waals surface area (Å²) in [7, 11) is 0. The Morgan fingerprint density at radius 1 is 1.31 bits per heavy atom. The van der Waals surface area contributed by atoms with Gasteiger partial charge in [0.25, 0.3) is 0 Å². The van der Waals surface area contributed by atoms with E-state index in [1.165, 1.54) is 0 Å². The molecule has 0 amide bonds. The molecule has 0 aliphatic carbocycles. The maximum absolute atomic E-state index is 10.9. The van der Waals surface area contributed by atoms with Crippen LogP contribution in [-0.4, -0.2) is 11.1 Å². The van der Waals surface area contributed by atoms with Gasteiger partial charge in [0.1, 0.15) is 0 Å². The number of halogens is 1. The molecule has 0 aliphatic rings. The van der Waals surface area contributed by atoms with Crippen molar-refractivity contribution in [2.75, 3.05) is 0 Å². The molecule has 0 atom stereocenters. The predicted molar refractivity (Wildman–Crippen MR) is 55.3 cm³/mol. The Morgan fingerprint density at radius 3 is 2.31 bits per heavy atom. The van der Waals surface area contributed by atoms with E-state index in [-0.39, 0.29) is 0 Å². The second kappa shape index (κ2) is 3.50. The Balaban J connectivity index is 3.53. The van der Waals surface area contributed by atoms with E-state index in [1.807, 2.05) is 26.8 Å². The van der Waals surface area contributed by atoms with Crippen molar-refractivity contribution in [3.63, 3.8) is 0 Å². The maximum atomic E-state index is 10.9. The SMILES string of the molecule is Cc1cc(C)c(C(=O)O)c(C)c1Br. The van der Waals surface area contributed by atoms with Crippen molar-refractivity contribution in [2.24, 2.45) is 0 Å². The van der Waals surface area contributed by atoms with Crippen LogP contribution >= 0.6 is 15.9 Å². The van der Waals surface area contributed by atoms with E-state index in [0.29, 0.717) is 5.56 Å². The fourth-order valence-electron chi connectivity index (χ4n) is 1.49. The number of benzene rings is 1. The molecule has 0 fully saturated rings. The second-order valence-electron chi connectivity index (χ2n) is 3.13. The summed E-state index contributed by atoms with van der Waals surface area (Å²) in [4.78, 5) is 10.9. The van der Waals surface area contributed by atoms with Crippen LogP contribution in [0.4, 0.5) is 0 Å². The number of carbonyl (C=O) groups is 1. The van der Waals surface area contributed by atoms with Crippen molar-refractivity contribution in [1.29, 1.82) is 0 Å². The molecule has 13 heavy (non-hydrogen) atoms. The van der Waals surface area contributed by atoms with Gasteiger partial charge < -0.3 is 5.11 Å². The van der Waals surface area contributed by atoms with Gasteiger partial charge in [0, 0.05) is 4.47 Å². The topological polar surface area (TPSA) is 37.3 Å². The predicted octanol–water partition coefficient (Wildman–Crippen LogP) is 3.07. The molecule has 1 rings (SSSR count). The zero-order valence-electron chi connectivity index (χ0n) is 7.81. The lowest BCUT2D eigenvalue weighted by Gasteiger charge is -2.09. The number of rotatable bonds is 1. The third kappa shape index (κ3) is 1.75. The first kappa shape index (κ1) is 10.3. The van der Waals surface area contributed by atoms with Crippen molar-refractivity contribution in [3.8, 4) is 0 Å². The van der Waals surface area contributed by atoms with E-state index in [0.717, 1.165) is 21.2 Å². The van der Waals surface area contributed by atoms with Gasteiger partial charge in [0.05, 0.1) is 5.56 Å². The smallest absolute Gasteiger partial charge is 0.336 e. The van der Waals surface area contributed by atoms with Gasteiger partial charge in [0.2, 0.25) is 0 Å². The summed E-state index contributed by atoms with van der Waals surface area (Å²) in [5.74, 6) is -0.865. The largest absolute Gasteiger partial charge is 0.478 e. The van der Waals surface area contributed by atoms with E-state index in [2.05, 4.69) is 15.9 Å². The molecule has 70 valence electrons. The summed E-state index contributed by atoms with van der Waals surface area (Å²) >= 11 is 3.37. The highest BCUT2D eigenvalue weighted by atomic mass is 79.9. The Morgan fingerprint density at radius 2 is 1.85 bits per heavy atom. The quantitative estimate of drug-likeness (QED) is 0.822. The van der Waals surface area contributed by atoms with Crippen molar-refractivity contribution in [2.45, 2.75) is 20.8 Å². The van der Waals surface area contributed by atoms with Gasteiger partial charge in [-0.1, -0.05) is 22.0 Å². The van der Waals surface area contributed by atoms with Crippen LogP contribution in [0.2, 0.25) is 0 Å². The van der Waals surface area contributed by atoms with Gasteiger partial charge in [-0.3, -0.25) is 0 Å². The Kier molecular flexibility index (Phi) is 2.76. The third-order valence-electron chi connectivity index (χ3n) is 2.09. The van der Waals surface area contributed by atoms with Gasteiger partial charge in [-0.15, -0.1) is 0 Å². The number of carboxylic acid groups (broad SMARTS) is 1. The summed E-state index contributed by atoms with van der Waals surface area (Å²) in [6, 6.07) is 1.88. The first-order chi connectivity index (χ1) is 5.95. The van der Waals surface area contributed by atoms with Crippen LogP contribution in [0, 0.1) is 20.8 Å². The van der Waals surface area contributed by atoms with E-state index in [9.17, 15) is 4.79 Å². The molecule has 1 N–H and O–H groups in total. The normalized spacial score (nSPS) is 10.2. The summed E-state index contributed by atoms with van der Waals surface area (Å²) in [6.07, 6.45) is 0. The van der Waals surface area contributed by atoms with E-state index in [1.54, 1.807) is 0 Å². The molecule has 0 saturated heterocycles. The van der Waals surface area contributed by atoms with Crippen LogP contribution in [-0.2, 0) is 0 Å². The fourth-order valence-corrected chi connectivity index (χ4v) is 1.80. The monoisotopic (exact) mass is 242 g/mol. The minimum Gasteiger partial charge on any atom is -0.478 e. The van der Waals surface area contributed by atoms with Gasteiger partial charge in [-0.05, 0) is 37.5 Å². The summed E-state index contributed by atoms with van der Waals surface area (Å²) < 4.78 is 0.885. The van der Waals surface area contributed by atoms with Crippen molar-refractivity contribution in [3.05, 3.63) is 32.8 Å². The van der Waals surface area contributed by atoms with Crippen LogP contribution in [0.25, 0.3) is 0 Å². The Labute approximate surface area is 85.7 Å². The van der Waals surface area contributed by atoms with Crippen LogP contribution in [0.5, 0.6) is 0 Å². The second-order valence-corrected chi connectivity index (χ2v) is 3.92. The molecule has 1 aromatic carbocycles. The lowest BCUT2D eigenvalue weighted by Crippen LogP contribution is -2.04. The van der Waals surface area contributed by atoms with Crippen molar-refractivity contribution < 1.29 is 9.90 Å². The molecule has 0 heterocycles. The minimum atomic E-state index is -0.865. The summed E-state index contributed by atoms with van der Waals surface area (Å²) in [5.41, 5.74) is 3.08. The molecule has 0 saturated carbocycles. The first-order valence-corrected chi connectivity index (χ1v) is 4.74. The number of aromatic carboxylic acids is 1. The van der Waals surface area contributed by atoms with Gasteiger partial charge in [0.15, 0.2) is 0 Å². The first-order valence-electron chi connectivity index (χ1n) is 3.94. The van der Waals surface area contributed by atoms with E-state index < -0.39 is 5.97 Å². The van der Waals surface area contributed by atoms with Gasteiger partial charge in [-0.2, -0.15) is 0 Å². The molecular weight excluding hydrogens is 232 g/mol. The fraction of sp³-hybridized carbons (Fsp3) is 0.300. The minimum absolute atomic E-state index is 0.400. The highest BCUT2D eigenvalue weighted by molar-refractivity contribution is 9.10. The highest BCUT2D eigenvalue weighted by Crippen LogP contribution is 2.26. The molecule has 0 unspecified atom stereocenters. The molecule has 3 heteroatoms. The number of hydrogen-bond acceptors (Lipinski definition) is 1. The molecule has 1 aromatic rings. The van der Waals surface area contributed by atoms with Crippen molar-refractivity contribution in [1.82, 2.24) is 0 Å². The lowest BCUT2D eigenvalue weighted by molar-refractivity contribution is 0.0695. The summed E-state index contributed by atoms with van der Waals surface area (Å²) in [6.45, 7) is 5.58. The zero-order valence-corrected chi connectivity index (χ0v) is 9.40. The average Bonchev–Trinajstić information content (AvgIpc) is 1.99. The third-order valence-corrected chi connectivity index (χ3v) is 3.31. The highest BCUT2D eigenvalue weighted by Gasteiger charge is 2.14. The Bertz CT molecular complexity index is 370. The number of carboxylic acids is 1. The zero-order chi connectivity index (χ0) is 10.2. The Hall–Kier alpha value is -0.830. The number of hydrogen-bond donors (Lipinski definition) is 1. The van der Waals surface area contributed by atoms with Gasteiger partial charge in [-0.25, -0.2) is 4.79 Å². The van der Waals surface area contributed by atoms with Crippen molar-refractivity contribution >= 4 is 21.9 Å². The van der Waals surface area contributed by atoms with Gasteiger partial charge >= 0.3 is 5.97 Å². The number of aryl methyl sites for hydroxylation is 2. The molecule has 0 aromatic heterocycles. The molecule has 0 radical (unpaired) electrons. The van der Waals surface area contributed by atoms with Crippen LogP contribution in [0.15, 0.2) is 10.5 Å². The van der Waals surface area contributed by atoms with E-state index in [4.69, 9.17) is 5.11 Å². The molecular formula is C10H11BrO2. The average molecular weight is 243 g/mol. The molecule has 0 spiro atoms. The summed E-state index contributed by atoms with van der Waals surface area (Å²) in [5, 5.41) is 8.94. The van der Waals surface area contributed by atoms with Crippen LogP contribution < -0.4 is 0 Å². The van der Waals surface area contributed by atoms with Crippen LogP contribution in [0.3, 0.4) is 0 Å². The lowest BCUT2D eigenvalue weighted by atomic mass is 10.0. The molecule has 0 aliphatic heterocycles. The molecule has 0 bridgehead atoms. The standard InChI is InChI=1S/C10H11BrO2/c1-5-4-6(2)9(11)7(3)8(5)10(12)13/h4H,1-3H3,(H,12,13). The van der Waals surface area contributed by atoms with E-state index >= 15 is 0 Å². The molecule has 2 nitrogen and oxygen atoms in total.